The van der Waals surface area contributed by atoms with E-state index in [1.54, 1.807) is 41.2 Å². The molecule has 0 atom stereocenters. The second-order valence-electron chi connectivity index (χ2n) is 6.44. The van der Waals surface area contributed by atoms with E-state index in [1.807, 2.05) is 0 Å². The summed E-state index contributed by atoms with van der Waals surface area (Å²) in [6.45, 7) is 3.45. The molecule has 1 saturated heterocycles. The van der Waals surface area contributed by atoms with E-state index in [4.69, 9.17) is 4.74 Å². The Kier molecular flexibility index (Phi) is 5.88. The van der Waals surface area contributed by atoms with Gasteiger partial charge in [0, 0.05) is 51.2 Å². The van der Waals surface area contributed by atoms with E-state index in [-0.39, 0.29) is 17.7 Å². The van der Waals surface area contributed by atoms with E-state index in [2.05, 4.69) is 10.3 Å². The molecule has 1 aromatic heterocycles. The Bertz CT molecular complexity index is 874. The number of methoxy groups -OCH3 is 1. The number of nitrogens with one attached hydrogen (secondary N) is 1. The lowest BCUT2D eigenvalue weighted by Crippen LogP contribution is -2.50. The summed E-state index contributed by atoms with van der Waals surface area (Å²) < 4.78 is 5.09. The first-order valence-electron chi connectivity index (χ1n) is 8.93. The second-order valence-corrected chi connectivity index (χ2v) is 6.44. The lowest BCUT2D eigenvalue weighted by atomic mass is 10.1. The number of hydrogen-bond acceptors (Lipinski definition) is 5. The quantitative estimate of drug-likeness (QED) is 0.868. The van der Waals surface area contributed by atoms with Crippen LogP contribution in [0, 0.1) is 0 Å². The number of aromatic nitrogens is 1. The minimum absolute atomic E-state index is 0.00552. The largest absolute Gasteiger partial charge is 0.497 e. The molecule has 2 heterocycles. The van der Waals surface area contributed by atoms with Gasteiger partial charge in [0.2, 0.25) is 5.91 Å². The summed E-state index contributed by atoms with van der Waals surface area (Å²) in [7, 11) is 1.57. The molecule has 0 unspecified atom stereocenters. The van der Waals surface area contributed by atoms with Crippen LogP contribution in [0.25, 0.3) is 0 Å². The maximum absolute atomic E-state index is 12.7. The van der Waals surface area contributed by atoms with Crippen molar-refractivity contribution in [3.63, 3.8) is 0 Å². The average molecular weight is 382 g/mol. The summed E-state index contributed by atoms with van der Waals surface area (Å²) in [6, 6.07) is 8.48. The van der Waals surface area contributed by atoms with E-state index in [0.717, 1.165) is 0 Å². The summed E-state index contributed by atoms with van der Waals surface area (Å²) in [5.74, 6) is 0.145. The van der Waals surface area contributed by atoms with Gasteiger partial charge in [0.15, 0.2) is 0 Å². The van der Waals surface area contributed by atoms with Crippen LogP contribution in [0.2, 0.25) is 0 Å². The smallest absolute Gasteiger partial charge is 0.257 e. The third kappa shape index (κ3) is 4.46. The molecule has 3 rings (SSSR count). The van der Waals surface area contributed by atoms with Crippen molar-refractivity contribution in [1.29, 1.82) is 0 Å². The highest BCUT2D eigenvalue weighted by Crippen LogP contribution is 2.16. The second kappa shape index (κ2) is 8.51. The van der Waals surface area contributed by atoms with Crippen LogP contribution < -0.4 is 10.1 Å². The zero-order chi connectivity index (χ0) is 20.1. The minimum Gasteiger partial charge on any atom is -0.497 e. The lowest BCUT2D eigenvalue weighted by Gasteiger charge is -2.34. The maximum atomic E-state index is 12.7. The number of pyridine rings is 1. The fourth-order valence-corrected chi connectivity index (χ4v) is 2.97. The molecule has 0 spiro atoms. The van der Waals surface area contributed by atoms with Gasteiger partial charge in [-0.15, -0.1) is 0 Å². The van der Waals surface area contributed by atoms with Gasteiger partial charge in [-0.3, -0.25) is 19.4 Å². The van der Waals surface area contributed by atoms with Crippen LogP contribution in [0.5, 0.6) is 5.75 Å². The molecule has 0 aliphatic carbocycles. The average Bonchev–Trinajstić information content (AvgIpc) is 2.74. The van der Waals surface area contributed by atoms with E-state index in [0.29, 0.717) is 48.7 Å². The minimum atomic E-state index is -0.353. The molecule has 0 bridgehead atoms. The molecular formula is C20H22N4O4. The molecule has 8 heteroatoms. The lowest BCUT2D eigenvalue weighted by molar-refractivity contribution is -0.130. The van der Waals surface area contributed by atoms with Crippen molar-refractivity contribution in [2.75, 3.05) is 38.6 Å². The first kappa shape index (κ1) is 19.3. The first-order valence-corrected chi connectivity index (χ1v) is 8.93. The zero-order valence-electron chi connectivity index (χ0n) is 15.8. The van der Waals surface area contributed by atoms with Gasteiger partial charge >= 0.3 is 0 Å². The molecular weight excluding hydrogens is 360 g/mol. The van der Waals surface area contributed by atoms with Gasteiger partial charge in [0.1, 0.15) is 5.75 Å². The van der Waals surface area contributed by atoms with Crippen molar-refractivity contribution in [2.24, 2.45) is 0 Å². The maximum Gasteiger partial charge on any atom is 0.257 e. The van der Waals surface area contributed by atoms with Crippen LogP contribution in [0.15, 0.2) is 42.7 Å². The number of carbonyl (C=O) groups excluding carboxylic acids is 3. The predicted molar refractivity (Wildman–Crippen MR) is 103 cm³/mol. The molecule has 0 radical (unpaired) electrons. The highest BCUT2D eigenvalue weighted by molar-refractivity contribution is 6.05. The molecule has 1 aliphatic heterocycles. The number of nitrogens with zero attached hydrogens (tertiary/aromatic N) is 3. The fraction of sp³-hybridized carbons (Fsp3) is 0.300. The predicted octanol–water partition coefficient (Wildman–Crippen LogP) is 1.65. The highest BCUT2D eigenvalue weighted by Gasteiger charge is 2.24. The summed E-state index contributed by atoms with van der Waals surface area (Å²) in [6.07, 6.45) is 2.87. The number of carbonyl (C=O) groups is 3. The van der Waals surface area contributed by atoms with Crippen LogP contribution in [-0.4, -0.2) is 65.8 Å². The Morgan fingerprint density at radius 3 is 2.18 bits per heavy atom. The number of piperazine rings is 1. The highest BCUT2D eigenvalue weighted by atomic mass is 16.5. The van der Waals surface area contributed by atoms with Crippen molar-refractivity contribution in [3.05, 3.63) is 53.9 Å². The van der Waals surface area contributed by atoms with Crippen molar-refractivity contribution < 1.29 is 19.1 Å². The summed E-state index contributed by atoms with van der Waals surface area (Å²) in [4.78, 5) is 44.0. The Hall–Kier alpha value is -3.42. The van der Waals surface area contributed by atoms with Crippen LogP contribution in [-0.2, 0) is 4.79 Å². The standard InChI is InChI=1S/C20H22N4O4/c1-14(25)23-7-9-24(10-8-23)20(27)16-11-15(12-21-13-16)19(26)22-17-3-5-18(28-2)6-4-17/h3-6,11-13H,7-10H2,1-2H3,(H,22,26). The molecule has 8 nitrogen and oxygen atoms in total. The van der Waals surface area contributed by atoms with E-state index in [1.165, 1.54) is 25.4 Å². The molecule has 0 saturated carbocycles. The van der Waals surface area contributed by atoms with Gasteiger partial charge < -0.3 is 19.9 Å². The summed E-state index contributed by atoms with van der Waals surface area (Å²) in [5, 5.41) is 2.77. The molecule has 146 valence electrons. The van der Waals surface area contributed by atoms with Gasteiger partial charge in [0.05, 0.1) is 18.2 Å². The monoisotopic (exact) mass is 382 g/mol. The topological polar surface area (TPSA) is 91.8 Å². The Balaban J connectivity index is 1.66. The van der Waals surface area contributed by atoms with Gasteiger partial charge in [-0.1, -0.05) is 0 Å². The fourth-order valence-electron chi connectivity index (χ4n) is 2.97. The molecule has 28 heavy (non-hydrogen) atoms. The first-order chi connectivity index (χ1) is 13.5. The molecule has 1 aliphatic rings. The number of benzene rings is 1. The van der Waals surface area contributed by atoms with Crippen LogP contribution in [0.3, 0.4) is 0 Å². The van der Waals surface area contributed by atoms with Crippen LogP contribution in [0.1, 0.15) is 27.6 Å². The van der Waals surface area contributed by atoms with E-state index in [9.17, 15) is 14.4 Å². The third-order valence-corrected chi connectivity index (χ3v) is 4.61. The molecule has 1 N–H and O–H groups in total. The van der Waals surface area contributed by atoms with Gasteiger partial charge in [-0.05, 0) is 30.3 Å². The SMILES string of the molecule is COc1ccc(NC(=O)c2cncc(C(=O)N3CCN(C(C)=O)CC3)c2)cc1. The normalized spacial score (nSPS) is 13.8. The van der Waals surface area contributed by atoms with Crippen LogP contribution in [0.4, 0.5) is 5.69 Å². The number of rotatable bonds is 4. The Labute approximate surface area is 163 Å². The molecule has 3 amide bonds. The molecule has 2 aromatic rings. The van der Waals surface area contributed by atoms with E-state index >= 15 is 0 Å². The summed E-state index contributed by atoms with van der Waals surface area (Å²) in [5.41, 5.74) is 1.26. The number of amides is 3. The Morgan fingerprint density at radius 1 is 0.964 bits per heavy atom. The van der Waals surface area contributed by atoms with Crippen molar-refractivity contribution in [2.45, 2.75) is 6.92 Å². The zero-order valence-corrected chi connectivity index (χ0v) is 15.8. The Morgan fingerprint density at radius 2 is 1.57 bits per heavy atom. The molecule has 1 aromatic carbocycles. The van der Waals surface area contributed by atoms with Gasteiger partial charge in [-0.25, -0.2) is 0 Å². The third-order valence-electron chi connectivity index (χ3n) is 4.61. The van der Waals surface area contributed by atoms with E-state index < -0.39 is 0 Å². The van der Waals surface area contributed by atoms with Gasteiger partial charge in [0.25, 0.3) is 11.8 Å². The van der Waals surface area contributed by atoms with Crippen molar-refractivity contribution >= 4 is 23.4 Å². The van der Waals surface area contributed by atoms with Crippen molar-refractivity contribution in [1.82, 2.24) is 14.8 Å². The summed E-state index contributed by atoms with van der Waals surface area (Å²) >= 11 is 0. The number of hydrogen-bond donors (Lipinski definition) is 1. The van der Waals surface area contributed by atoms with Crippen LogP contribution >= 0.6 is 0 Å². The van der Waals surface area contributed by atoms with Crippen molar-refractivity contribution in [3.8, 4) is 5.75 Å². The number of ether oxygens (including phenoxy) is 1. The molecule has 1 fully saturated rings. The van der Waals surface area contributed by atoms with Gasteiger partial charge in [-0.2, -0.15) is 0 Å². The number of anilines is 1.